The van der Waals surface area contributed by atoms with Gasteiger partial charge in [-0.15, -0.1) is 0 Å². The van der Waals surface area contributed by atoms with E-state index >= 15 is 0 Å². The van der Waals surface area contributed by atoms with Crippen molar-refractivity contribution in [2.75, 3.05) is 7.11 Å². The number of methoxy groups -OCH3 is 1. The third kappa shape index (κ3) is 2.75. The highest BCUT2D eigenvalue weighted by Gasteiger charge is 2.16. The Morgan fingerprint density at radius 1 is 0.966 bits per heavy atom. The third-order valence-electron chi connectivity index (χ3n) is 5.20. The summed E-state index contributed by atoms with van der Waals surface area (Å²) in [5.74, 6) is -0.789. The maximum atomic E-state index is 12.4. The second kappa shape index (κ2) is 6.56. The van der Waals surface area contributed by atoms with E-state index in [2.05, 4.69) is 16.4 Å². The van der Waals surface area contributed by atoms with E-state index in [1.807, 2.05) is 48.8 Å². The van der Waals surface area contributed by atoms with Crippen LogP contribution >= 0.6 is 0 Å². The normalized spacial score (nSPS) is 12.7. The Morgan fingerprint density at radius 2 is 1.83 bits per heavy atom. The lowest BCUT2D eigenvalue weighted by molar-refractivity contribution is -0.114. The molecule has 1 aliphatic heterocycles. The average molecular weight is 379 g/mol. The number of amides is 1. The lowest BCUT2D eigenvalue weighted by atomic mass is 9.94. The quantitative estimate of drug-likeness (QED) is 0.502. The topological polar surface area (TPSA) is 70.4 Å². The summed E-state index contributed by atoms with van der Waals surface area (Å²) in [6.07, 6.45) is 6.67. The average Bonchev–Trinajstić information content (AvgIpc) is 2.77. The molecular formula is C24H15N2O3. The van der Waals surface area contributed by atoms with Crippen molar-refractivity contribution in [2.24, 2.45) is 0 Å². The van der Waals surface area contributed by atoms with Gasteiger partial charge in [0, 0.05) is 40.8 Å². The molecule has 0 saturated heterocycles. The molecule has 0 bridgehead atoms. The van der Waals surface area contributed by atoms with Crippen molar-refractivity contribution in [3.63, 3.8) is 0 Å². The van der Waals surface area contributed by atoms with Crippen molar-refractivity contribution < 1.29 is 14.3 Å². The lowest BCUT2D eigenvalue weighted by Gasteiger charge is -2.12. The van der Waals surface area contributed by atoms with Gasteiger partial charge in [-0.3, -0.25) is 9.78 Å². The van der Waals surface area contributed by atoms with Crippen LogP contribution in [0.2, 0.25) is 0 Å². The molecule has 0 N–H and O–H groups in total. The minimum atomic E-state index is -0.444. The third-order valence-corrected chi connectivity index (χ3v) is 5.20. The molecule has 0 saturated carbocycles. The summed E-state index contributed by atoms with van der Waals surface area (Å²) in [5, 5.41) is 9.12. The highest BCUT2D eigenvalue weighted by molar-refractivity contribution is 6.11. The summed E-state index contributed by atoms with van der Waals surface area (Å²) in [6.45, 7) is 0. The summed E-state index contributed by atoms with van der Waals surface area (Å²) in [5.41, 5.74) is 2.38. The van der Waals surface area contributed by atoms with Gasteiger partial charge in [0.1, 0.15) is 0 Å². The molecule has 0 unspecified atom stereocenters. The molecular weight excluding hydrogens is 364 g/mol. The van der Waals surface area contributed by atoms with Crippen LogP contribution in [0.5, 0.6) is 0 Å². The van der Waals surface area contributed by atoms with Gasteiger partial charge < -0.3 is 4.74 Å². The Bertz CT molecular complexity index is 1450. The number of aromatic nitrogens is 1. The predicted octanol–water partition coefficient (Wildman–Crippen LogP) is 2.50. The fourth-order valence-corrected chi connectivity index (χ4v) is 3.82. The first-order valence-electron chi connectivity index (χ1n) is 9.10. The zero-order valence-electron chi connectivity index (χ0n) is 15.5. The van der Waals surface area contributed by atoms with Crippen LogP contribution in [0.3, 0.4) is 0 Å². The summed E-state index contributed by atoms with van der Waals surface area (Å²) >= 11 is 0. The van der Waals surface area contributed by atoms with Crippen molar-refractivity contribution in [3.05, 3.63) is 76.9 Å². The Labute approximate surface area is 165 Å². The zero-order valence-corrected chi connectivity index (χ0v) is 15.5. The molecule has 3 aromatic carbocycles. The van der Waals surface area contributed by atoms with Crippen molar-refractivity contribution in [2.45, 2.75) is 0 Å². The maximum absolute atomic E-state index is 12.4. The number of carbonyl (C=O) groups excluding carboxylic acids is 2. The minimum absolute atomic E-state index is 0.345. The van der Waals surface area contributed by atoms with Crippen LogP contribution in [-0.4, -0.2) is 24.0 Å². The molecule has 5 nitrogen and oxygen atoms in total. The highest BCUT2D eigenvalue weighted by atomic mass is 16.5. The molecule has 1 radical (unpaired) electrons. The first-order chi connectivity index (χ1) is 14.2. The molecule has 0 aliphatic carbocycles. The first-order valence-corrected chi connectivity index (χ1v) is 9.10. The van der Waals surface area contributed by atoms with Gasteiger partial charge in [0.05, 0.1) is 12.7 Å². The van der Waals surface area contributed by atoms with Crippen LogP contribution in [0, 0.1) is 0 Å². The van der Waals surface area contributed by atoms with Crippen LogP contribution in [0.15, 0.2) is 60.9 Å². The number of benzene rings is 3. The number of hydrogen-bond donors (Lipinski definition) is 0. The van der Waals surface area contributed by atoms with Crippen LogP contribution in [0.4, 0.5) is 0 Å². The van der Waals surface area contributed by atoms with Gasteiger partial charge in [0.15, 0.2) is 0 Å². The van der Waals surface area contributed by atoms with Crippen LogP contribution in [-0.2, 0) is 9.53 Å². The van der Waals surface area contributed by atoms with Gasteiger partial charge in [-0.2, -0.15) is 0 Å². The summed E-state index contributed by atoms with van der Waals surface area (Å²) < 4.78 is 4.95. The second-order valence-corrected chi connectivity index (χ2v) is 6.83. The molecule has 0 fully saturated rings. The molecule has 0 atom stereocenters. The number of fused-ring (bicyclic) bond motifs is 4. The fraction of sp³-hybridized carbons (Fsp3) is 0.0417. The van der Waals surface area contributed by atoms with E-state index < -0.39 is 5.97 Å². The molecule has 0 spiro atoms. The van der Waals surface area contributed by atoms with Crippen molar-refractivity contribution in [3.8, 4) is 11.1 Å². The predicted molar refractivity (Wildman–Crippen MR) is 111 cm³/mol. The van der Waals surface area contributed by atoms with Crippen molar-refractivity contribution in [1.29, 1.82) is 0 Å². The summed E-state index contributed by atoms with van der Waals surface area (Å²) in [4.78, 5) is 28.5. The van der Waals surface area contributed by atoms with E-state index in [-0.39, 0.29) is 5.91 Å². The van der Waals surface area contributed by atoms with E-state index in [1.165, 1.54) is 13.2 Å². The fourth-order valence-electron chi connectivity index (χ4n) is 3.82. The zero-order chi connectivity index (χ0) is 20.0. The van der Waals surface area contributed by atoms with Crippen molar-refractivity contribution in [1.82, 2.24) is 10.3 Å². The van der Waals surface area contributed by atoms with Gasteiger partial charge in [-0.1, -0.05) is 36.4 Å². The largest absolute Gasteiger partial charge is 0.465 e. The molecule has 1 amide bonds. The molecule has 5 rings (SSSR count). The molecule has 1 aliphatic rings. The van der Waals surface area contributed by atoms with Gasteiger partial charge in [-0.25, -0.2) is 10.1 Å². The Morgan fingerprint density at radius 3 is 2.69 bits per heavy atom. The number of ether oxygens (including phenoxy) is 1. The summed E-state index contributed by atoms with van der Waals surface area (Å²) in [6, 6.07) is 15.6. The molecule has 4 aromatic rings. The van der Waals surface area contributed by atoms with E-state index in [0.29, 0.717) is 10.8 Å². The number of esters is 1. The van der Waals surface area contributed by atoms with Crippen molar-refractivity contribution >= 4 is 45.7 Å². The number of pyridine rings is 1. The SMILES string of the molecule is COC(=O)c1cc2c(c3cc(-c4cncc5ccccc45)ccc13)=C[N]C(=O)C=2. The van der Waals surface area contributed by atoms with E-state index in [1.54, 1.807) is 12.3 Å². The first kappa shape index (κ1) is 17.1. The molecule has 2 heterocycles. The van der Waals surface area contributed by atoms with Gasteiger partial charge in [0.25, 0.3) is 5.91 Å². The Kier molecular flexibility index (Phi) is 3.88. The van der Waals surface area contributed by atoms with E-state index in [4.69, 9.17) is 4.74 Å². The molecule has 5 heteroatoms. The van der Waals surface area contributed by atoms with Gasteiger partial charge in [-0.05, 0) is 39.1 Å². The highest BCUT2D eigenvalue weighted by Crippen LogP contribution is 2.30. The molecule has 139 valence electrons. The number of nitrogens with zero attached hydrogens (tertiary/aromatic N) is 2. The Balaban J connectivity index is 1.87. The standard InChI is InChI=1S/C24H15N2O3/c1-29-24(28)20-9-16-10-23(27)26-13-22(16)19-8-14(6-7-18(19)20)21-12-25-11-15-4-2-3-5-17(15)21/h2-13H,1H3. The number of hydrogen-bond acceptors (Lipinski definition) is 4. The minimum Gasteiger partial charge on any atom is -0.465 e. The molecule has 29 heavy (non-hydrogen) atoms. The van der Waals surface area contributed by atoms with Crippen LogP contribution in [0.1, 0.15) is 10.4 Å². The second-order valence-electron chi connectivity index (χ2n) is 6.83. The number of carbonyl (C=O) groups is 2. The van der Waals surface area contributed by atoms with E-state index in [0.717, 1.165) is 37.9 Å². The monoisotopic (exact) mass is 379 g/mol. The number of rotatable bonds is 2. The Hall–Kier alpha value is -3.99. The smallest absolute Gasteiger partial charge is 0.338 e. The van der Waals surface area contributed by atoms with Gasteiger partial charge in [0.2, 0.25) is 0 Å². The van der Waals surface area contributed by atoms with E-state index in [9.17, 15) is 9.59 Å². The lowest BCUT2D eigenvalue weighted by Crippen LogP contribution is -2.34. The summed E-state index contributed by atoms with van der Waals surface area (Å²) in [7, 11) is 1.35. The van der Waals surface area contributed by atoms with Gasteiger partial charge >= 0.3 is 5.97 Å². The maximum Gasteiger partial charge on any atom is 0.338 e. The van der Waals surface area contributed by atoms with Crippen LogP contribution in [0.25, 0.3) is 44.9 Å². The van der Waals surface area contributed by atoms with Crippen LogP contribution < -0.4 is 15.8 Å². The molecule has 1 aromatic heterocycles.